The summed E-state index contributed by atoms with van der Waals surface area (Å²) in [6, 6.07) is 1.59. The standard InChI is InChI=1S/C13H12F6O2.Al/c1-6(20)11(7(2)21)8-3-9(12(14,15)16)5-10(4-8)13(17,18)19;/h3-7,11H,1-2H3;/q-2;+2. The van der Waals surface area contributed by atoms with Crippen molar-refractivity contribution in [3.8, 4) is 0 Å². The molecule has 0 saturated carbocycles. The molecule has 1 aromatic carbocycles. The lowest BCUT2D eigenvalue weighted by molar-refractivity contribution is -0.143. The maximum absolute atomic E-state index is 12.9. The van der Waals surface area contributed by atoms with Crippen LogP contribution in [0.4, 0.5) is 26.3 Å². The summed E-state index contributed by atoms with van der Waals surface area (Å²) in [7, 11) is 0. The highest BCUT2D eigenvalue weighted by Gasteiger charge is 2.39. The molecule has 0 amide bonds. The molecule has 1 aliphatic heterocycles. The first-order valence-corrected chi connectivity index (χ1v) is 7.36. The van der Waals surface area contributed by atoms with Gasteiger partial charge in [0.05, 0.1) is 11.1 Å². The third-order valence-corrected chi connectivity index (χ3v) is 4.63. The monoisotopic (exact) mass is 341 g/mol. The molecule has 1 aromatic rings. The fourth-order valence-corrected chi connectivity index (χ4v) is 3.22. The van der Waals surface area contributed by atoms with Crippen LogP contribution < -0.4 is 0 Å². The van der Waals surface area contributed by atoms with Gasteiger partial charge in [-0.05, 0) is 37.6 Å². The Morgan fingerprint density at radius 1 is 0.818 bits per heavy atom. The Kier molecular flexibility index (Phi) is 4.83. The Morgan fingerprint density at radius 2 is 1.23 bits per heavy atom. The number of benzene rings is 1. The van der Waals surface area contributed by atoms with Crippen molar-refractivity contribution in [2.24, 2.45) is 0 Å². The van der Waals surface area contributed by atoms with Gasteiger partial charge in [-0.15, -0.1) is 0 Å². The molecule has 1 saturated heterocycles. The molecule has 2 nitrogen and oxygen atoms in total. The van der Waals surface area contributed by atoms with E-state index >= 15 is 0 Å². The molecule has 1 aliphatic rings. The second-order valence-corrected chi connectivity index (χ2v) is 5.88. The van der Waals surface area contributed by atoms with E-state index in [4.69, 9.17) is 7.58 Å². The van der Waals surface area contributed by atoms with E-state index in [1.165, 1.54) is 0 Å². The van der Waals surface area contributed by atoms with Gasteiger partial charge in [-0.3, -0.25) is 0 Å². The van der Waals surface area contributed by atoms with E-state index in [-0.39, 0.29) is 11.6 Å². The molecule has 22 heavy (non-hydrogen) atoms. The van der Waals surface area contributed by atoms with Crippen LogP contribution in [0.25, 0.3) is 0 Å². The number of hydrogen-bond acceptors (Lipinski definition) is 2. The van der Waals surface area contributed by atoms with E-state index in [1.54, 1.807) is 13.8 Å². The van der Waals surface area contributed by atoms with E-state index in [9.17, 15) is 26.3 Å². The summed E-state index contributed by atoms with van der Waals surface area (Å²) in [4.78, 5) is 0. The smallest absolute Gasteiger partial charge is 0.481 e. The van der Waals surface area contributed by atoms with Crippen LogP contribution in [0.15, 0.2) is 18.2 Å². The van der Waals surface area contributed by atoms with Crippen molar-refractivity contribution in [2.75, 3.05) is 0 Å². The third-order valence-electron chi connectivity index (χ3n) is 3.55. The first kappa shape index (κ1) is 17.6. The van der Waals surface area contributed by atoms with Gasteiger partial charge >= 0.3 is 28.2 Å². The van der Waals surface area contributed by atoms with Gasteiger partial charge in [0.1, 0.15) is 0 Å². The van der Waals surface area contributed by atoms with Gasteiger partial charge in [-0.1, -0.05) is 0 Å². The highest BCUT2D eigenvalue weighted by molar-refractivity contribution is 6.18. The van der Waals surface area contributed by atoms with E-state index in [0.29, 0.717) is 0 Å². The molecular weight excluding hydrogens is 329 g/mol. The average Bonchev–Trinajstić information content (AvgIpc) is 2.36. The van der Waals surface area contributed by atoms with Crippen molar-refractivity contribution in [3.05, 3.63) is 34.9 Å². The first-order valence-electron chi connectivity index (χ1n) is 6.42. The number of halogens is 6. The van der Waals surface area contributed by atoms with Crippen LogP contribution in [-0.4, -0.2) is 28.1 Å². The Morgan fingerprint density at radius 3 is 1.59 bits per heavy atom. The molecule has 1 heterocycles. The van der Waals surface area contributed by atoms with Gasteiger partial charge in [0.25, 0.3) is 0 Å². The van der Waals surface area contributed by atoms with E-state index in [0.717, 1.165) is 12.1 Å². The fraction of sp³-hybridized carbons (Fsp3) is 0.538. The summed E-state index contributed by atoms with van der Waals surface area (Å²) < 4.78 is 87.8. The maximum Gasteiger partial charge on any atom is 0.668 e. The van der Waals surface area contributed by atoms with Crippen LogP contribution in [0.2, 0.25) is 0 Å². The van der Waals surface area contributed by atoms with Crippen LogP contribution in [0, 0.1) is 0 Å². The van der Waals surface area contributed by atoms with E-state index in [1.807, 2.05) is 0 Å². The van der Waals surface area contributed by atoms with Crippen molar-refractivity contribution < 1.29 is 33.9 Å². The quantitative estimate of drug-likeness (QED) is 0.564. The van der Waals surface area contributed by atoms with Gasteiger partial charge in [0, 0.05) is 18.1 Å². The third kappa shape index (κ3) is 3.77. The predicted octanol–water partition coefficient (Wildman–Crippen LogP) is 4.17. The van der Waals surface area contributed by atoms with E-state index < -0.39 is 57.5 Å². The molecule has 0 spiro atoms. The summed E-state index contributed by atoms with van der Waals surface area (Å²) >= 11 is -0.760. The second-order valence-electron chi connectivity index (χ2n) is 5.14. The summed E-state index contributed by atoms with van der Waals surface area (Å²) in [5.74, 6) is -0.690. The zero-order valence-corrected chi connectivity index (χ0v) is 12.8. The molecule has 1 radical (unpaired) electrons. The molecule has 0 N–H and O–H groups in total. The normalized spacial score (nSPS) is 26.6. The van der Waals surface area contributed by atoms with E-state index in [2.05, 4.69) is 0 Å². The fourth-order valence-electron chi connectivity index (χ4n) is 2.47. The van der Waals surface area contributed by atoms with Gasteiger partial charge in [0.15, 0.2) is 0 Å². The molecule has 2 unspecified atom stereocenters. The van der Waals surface area contributed by atoms with Crippen molar-refractivity contribution >= 4 is 15.9 Å². The summed E-state index contributed by atoms with van der Waals surface area (Å²) in [5.41, 5.74) is -2.73. The predicted molar refractivity (Wildman–Crippen MR) is 66.0 cm³/mol. The second kappa shape index (κ2) is 6.04. The zero-order valence-electron chi connectivity index (χ0n) is 11.6. The molecular formula is C13H12AlF6O2. The number of hydrogen-bond donors (Lipinski definition) is 0. The zero-order chi connectivity index (χ0) is 16.7. The molecule has 0 bridgehead atoms. The first-order chi connectivity index (χ1) is 10.00. The Balaban J connectivity index is 2.55. The number of rotatable bonds is 1. The summed E-state index contributed by atoms with van der Waals surface area (Å²) in [6.07, 6.45) is -10.7. The Labute approximate surface area is 129 Å². The van der Waals surface area contributed by atoms with Crippen LogP contribution in [0.3, 0.4) is 0 Å². The molecule has 0 aliphatic carbocycles. The van der Waals surface area contributed by atoms with Crippen molar-refractivity contribution in [3.63, 3.8) is 0 Å². The highest BCUT2D eigenvalue weighted by Crippen LogP contribution is 2.40. The molecule has 2 rings (SSSR count). The number of alkyl halides is 6. The Hall–Kier alpha value is -0.748. The lowest BCUT2D eigenvalue weighted by Crippen LogP contribution is -2.38. The SMILES string of the molecule is CC1[O][Al][O]C(C)C1c1cc(C(F)(F)F)cc(C(F)(F)F)c1. The maximum atomic E-state index is 12.9. The van der Waals surface area contributed by atoms with Crippen LogP contribution in [-0.2, 0) is 19.9 Å². The Bertz CT molecular complexity index is 500. The minimum Gasteiger partial charge on any atom is -0.481 e. The lowest BCUT2D eigenvalue weighted by atomic mass is 9.87. The van der Waals surface area contributed by atoms with Gasteiger partial charge < -0.3 is 7.58 Å². The minimum atomic E-state index is -4.86. The molecule has 9 heteroatoms. The highest BCUT2D eigenvalue weighted by atomic mass is 27.2. The van der Waals surface area contributed by atoms with Crippen molar-refractivity contribution in [1.82, 2.24) is 0 Å². The molecule has 1 fully saturated rings. The van der Waals surface area contributed by atoms with Gasteiger partial charge in [0.2, 0.25) is 0 Å². The summed E-state index contributed by atoms with van der Waals surface area (Å²) in [5, 5.41) is 0. The van der Waals surface area contributed by atoms with Gasteiger partial charge in [-0.25, -0.2) is 0 Å². The molecule has 0 aromatic heterocycles. The molecule has 2 atom stereocenters. The van der Waals surface area contributed by atoms with Crippen LogP contribution >= 0.6 is 0 Å². The van der Waals surface area contributed by atoms with Crippen molar-refractivity contribution in [2.45, 2.75) is 44.3 Å². The lowest BCUT2D eigenvalue weighted by Gasteiger charge is -2.36. The molecule has 121 valence electrons. The van der Waals surface area contributed by atoms with Crippen LogP contribution in [0.5, 0.6) is 0 Å². The minimum absolute atomic E-state index is 0.0822. The topological polar surface area (TPSA) is 18.5 Å². The average molecular weight is 341 g/mol. The summed E-state index contributed by atoms with van der Waals surface area (Å²) in [6.45, 7) is 3.23. The van der Waals surface area contributed by atoms with Gasteiger partial charge in [-0.2, -0.15) is 26.3 Å². The van der Waals surface area contributed by atoms with Crippen molar-refractivity contribution in [1.29, 1.82) is 0 Å². The van der Waals surface area contributed by atoms with Crippen LogP contribution in [0.1, 0.15) is 36.5 Å². The largest absolute Gasteiger partial charge is 0.668 e.